The highest BCUT2D eigenvalue weighted by Crippen LogP contribution is 2.31. The smallest absolute Gasteiger partial charge is 0.293 e. The fourth-order valence-electron chi connectivity index (χ4n) is 2.87. The van der Waals surface area contributed by atoms with Gasteiger partial charge in [0.25, 0.3) is 0 Å². The molecule has 0 atom stereocenters. The molecule has 0 unspecified atom stereocenters. The summed E-state index contributed by atoms with van der Waals surface area (Å²) in [6, 6.07) is 14.2. The predicted molar refractivity (Wildman–Crippen MR) is 98.9 cm³/mol. The number of halogens is 2. The highest BCUT2D eigenvalue weighted by molar-refractivity contribution is 5.84. The summed E-state index contributed by atoms with van der Waals surface area (Å²) in [7, 11) is 0. The summed E-state index contributed by atoms with van der Waals surface area (Å²) in [6.07, 6.45) is 7.40. The maximum atomic E-state index is 13.7. The van der Waals surface area contributed by atoms with Crippen LogP contribution < -0.4 is 0 Å². The molecule has 0 aliphatic heterocycles. The summed E-state index contributed by atoms with van der Waals surface area (Å²) in [5.74, 6) is -4.55. The van der Waals surface area contributed by atoms with E-state index >= 15 is 0 Å². The number of rotatable bonds is 9. The number of carbonyl (C=O) groups excluding carboxylic acids is 1. The minimum Gasteiger partial charge on any atom is -0.293 e. The van der Waals surface area contributed by atoms with Crippen LogP contribution in [-0.4, -0.2) is 5.78 Å². The van der Waals surface area contributed by atoms with Crippen LogP contribution in [0.4, 0.5) is 8.78 Å². The van der Waals surface area contributed by atoms with Crippen molar-refractivity contribution in [2.75, 3.05) is 0 Å². The van der Waals surface area contributed by atoms with Crippen LogP contribution in [0.2, 0.25) is 0 Å². The van der Waals surface area contributed by atoms with Gasteiger partial charge in [0, 0.05) is 12.5 Å². The fourth-order valence-corrected chi connectivity index (χ4v) is 2.87. The summed E-state index contributed by atoms with van der Waals surface area (Å²) in [6.45, 7) is 3.13. The Balaban J connectivity index is 1.99. The summed E-state index contributed by atoms with van der Waals surface area (Å²) >= 11 is 0. The number of alkyl halides is 2. The van der Waals surface area contributed by atoms with Crippen LogP contribution in [0.3, 0.4) is 0 Å². The number of hydrogen-bond donors (Lipinski definition) is 0. The Hall–Kier alpha value is -2.03. The molecule has 1 nitrogen and oxygen atoms in total. The van der Waals surface area contributed by atoms with Gasteiger partial charge in [-0.3, -0.25) is 4.79 Å². The Labute approximate surface area is 149 Å². The van der Waals surface area contributed by atoms with Crippen molar-refractivity contribution in [2.24, 2.45) is 0 Å². The number of Topliss-reactive ketones (excluding diaryl/α,β-unsaturated/α-hetero) is 1. The molecule has 25 heavy (non-hydrogen) atoms. The highest BCUT2D eigenvalue weighted by Gasteiger charge is 2.37. The molecule has 0 heterocycles. The van der Waals surface area contributed by atoms with Gasteiger partial charge in [-0.25, -0.2) is 0 Å². The van der Waals surface area contributed by atoms with E-state index in [9.17, 15) is 13.6 Å². The molecule has 0 aliphatic carbocycles. The molecule has 0 amide bonds. The van der Waals surface area contributed by atoms with Crippen molar-refractivity contribution in [1.82, 2.24) is 0 Å². The highest BCUT2D eigenvalue weighted by atomic mass is 19.3. The van der Waals surface area contributed by atoms with Gasteiger partial charge in [0.2, 0.25) is 5.78 Å². The molecule has 2 rings (SSSR count). The van der Waals surface area contributed by atoms with Crippen molar-refractivity contribution < 1.29 is 13.6 Å². The summed E-state index contributed by atoms with van der Waals surface area (Å²) in [5, 5.41) is 0. The predicted octanol–water partition coefficient (Wildman–Crippen LogP) is 6.55. The first-order valence-electron chi connectivity index (χ1n) is 9.04. The Morgan fingerprint density at radius 1 is 0.840 bits per heavy atom. The van der Waals surface area contributed by atoms with Crippen LogP contribution in [0.25, 0.3) is 11.1 Å². The molecular formula is C22H26F2O. The molecule has 0 saturated carbocycles. The monoisotopic (exact) mass is 344 g/mol. The molecule has 0 saturated heterocycles. The van der Waals surface area contributed by atoms with E-state index in [0.717, 1.165) is 24.5 Å². The number of carbonyl (C=O) groups is 1. The van der Waals surface area contributed by atoms with Gasteiger partial charge < -0.3 is 0 Å². The number of benzene rings is 2. The van der Waals surface area contributed by atoms with Crippen LogP contribution in [0.5, 0.6) is 0 Å². The van der Waals surface area contributed by atoms with Crippen LogP contribution in [-0.2, 0) is 17.1 Å². The lowest BCUT2D eigenvalue weighted by Crippen LogP contribution is -2.22. The molecule has 3 heteroatoms. The topological polar surface area (TPSA) is 17.1 Å². The number of unbranched alkanes of at least 4 members (excludes halogenated alkanes) is 4. The standard InChI is InChI=1S/C22H26F2O/c1-3-4-5-6-7-8-18-9-11-19(12-10-18)20-13-15-21(16-14-20)22(23,24)17(2)25/h9-16H,3-8H2,1-2H3. The Morgan fingerprint density at radius 2 is 1.36 bits per heavy atom. The van der Waals surface area contributed by atoms with Gasteiger partial charge >= 0.3 is 5.92 Å². The van der Waals surface area contributed by atoms with Crippen molar-refractivity contribution >= 4 is 5.78 Å². The third-order valence-corrected chi connectivity index (χ3v) is 4.55. The molecule has 134 valence electrons. The quantitative estimate of drug-likeness (QED) is 0.472. The van der Waals surface area contributed by atoms with Crippen molar-refractivity contribution in [1.29, 1.82) is 0 Å². The SMILES string of the molecule is CCCCCCCc1ccc(-c2ccc(C(F)(F)C(C)=O)cc2)cc1. The molecule has 2 aromatic rings. The van der Waals surface area contributed by atoms with Crippen LogP contribution in [0, 0.1) is 0 Å². The average molecular weight is 344 g/mol. The fraction of sp³-hybridized carbons (Fsp3) is 0.409. The van der Waals surface area contributed by atoms with Gasteiger partial charge in [0.05, 0.1) is 0 Å². The third kappa shape index (κ3) is 5.22. The minimum absolute atomic E-state index is 0.257. The van der Waals surface area contributed by atoms with Gasteiger partial charge in [0.1, 0.15) is 0 Å². The van der Waals surface area contributed by atoms with Crippen molar-refractivity contribution in [2.45, 2.75) is 58.3 Å². The van der Waals surface area contributed by atoms with Crippen LogP contribution in [0.1, 0.15) is 57.1 Å². The molecule has 2 aromatic carbocycles. The van der Waals surface area contributed by atoms with E-state index in [2.05, 4.69) is 19.1 Å². The van der Waals surface area contributed by atoms with Crippen molar-refractivity contribution in [3.63, 3.8) is 0 Å². The first-order valence-corrected chi connectivity index (χ1v) is 9.04. The molecular weight excluding hydrogens is 318 g/mol. The zero-order valence-corrected chi connectivity index (χ0v) is 15.0. The van der Waals surface area contributed by atoms with E-state index in [4.69, 9.17) is 0 Å². The Bertz CT molecular complexity index is 672. The number of ketones is 1. The van der Waals surface area contributed by atoms with E-state index in [1.165, 1.54) is 49.8 Å². The largest absolute Gasteiger partial charge is 0.330 e. The maximum absolute atomic E-state index is 13.7. The van der Waals surface area contributed by atoms with Crippen LogP contribution >= 0.6 is 0 Å². The van der Waals surface area contributed by atoms with E-state index in [1.807, 2.05) is 12.1 Å². The van der Waals surface area contributed by atoms with Gasteiger partial charge in [-0.2, -0.15) is 8.78 Å². The van der Waals surface area contributed by atoms with Gasteiger partial charge in [-0.15, -0.1) is 0 Å². The second kappa shape index (κ2) is 8.89. The van der Waals surface area contributed by atoms with Gasteiger partial charge in [-0.1, -0.05) is 81.1 Å². The zero-order valence-electron chi connectivity index (χ0n) is 15.0. The lowest BCUT2D eigenvalue weighted by Gasteiger charge is -2.13. The molecule has 0 spiro atoms. The lowest BCUT2D eigenvalue weighted by molar-refractivity contribution is -0.141. The maximum Gasteiger partial charge on any atom is 0.330 e. The number of hydrogen-bond acceptors (Lipinski definition) is 1. The Morgan fingerprint density at radius 3 is 1.88 bits per heavy atom. The molecule has 0 aliphatic rings. The lowest BCUT2D eigenvalue weighted by atomic mass is 9.98. The molecule has 0 aromatic heterocycles. The minimum atomic E-state index is -3.42. The first kappa shape index (κ1) is 19.3. The first-order chi connectivity index (χ1) is 11.9. The molecule has 0 radical (unpaired) electrons. The van der Waals surface area contributed by atoms with E-state index < -0.39 is 11.7 Å². The second-order valence-corrected chi connectivity index (χ2v) is 6.57. The molecule has 0 bridgehead atoms. The van der Waals surface area contributed by atoms with E-state index in [0.29, 0.717) is 0 Å². The number of aryl methyl sites for hydroxylation is 1. The van der Waals surface area contributed by atoms with Gasteiger partial charge in [0.15, 0.2) is 0 Å². The molecule has 0 N–H and O–H groups in total. The van der Waals surface area contributed by atoms with Crippen molar-refractivity contribution in [3.8, 4) is 11.1 Å². The zero-order chi connectivity index (χ0) is 18.3. The van der Waals surface area contributed by atoms with E-state index in [1.54, 1.807) is 12.1 Å². The Kier molecular flexibility index (Phi) is 6.86. The summed E-state index contributed by atoms with van der Waals surface area (Å²) in [5.41, 5.74) is 2.91. The van der Waals surface area contributed by atoms with Crippen molar-refractivity contribution in [3.05, 3.63) is 59.7 Å². The summed E-state index contributed by atoms with van der Waals surface area (Å²) in [4.78, 5) is 11.1. The second-order valence-electron chi connectivity index (χ2n) is 6.57. The van der Waals surface area contributed by atoms with E-state index in [-0.39, 0.29) is 5.56 Å². The van der Waals surface area contributed by atoms with Crippen LogP contribution in [0.15, 0.2) is 48.5 Å². The third-order valence-electron chi connectivity index (χ3n) is 4.55. The average Bonchev–Trinajstić information content (AvgIpc) is 2.62. The normalized spacial score (nSPS) is 11.5. The van der Waals surface area contributed by atoms with Gasteiger partial charge in [-0.05, 0) is 29.5 Å². The summed E-state index contributed by atoms with van der Waals surface area (Å²) < 4.78 is 27.4. The molecule has 0 fully saturated rings.